The van der Waals surface area contributed by atoms with Crippen LogP contribution in [0.5, 0.6) is 0 Å². The van der Waals surface area contributed by atoms with Gasteiger partial charge >= 0.3 is 0 Å². The molecule has 3 nitrogen and oxygen atoms in total. The first kappa shape index (κ1) is 12.0. The summed E-state index contributed by atoms with van der Waals surface area (Å²) in [5.41, 5.74) is 10.8. The second-order valence-electron chi connectivity index (χ2n) is 3.37. The van der Waals surface area contributed by atoms with E-state index in [-0.39, 0.29) is 0 Å². The van der Waals surface area contributed by atoms with Crippen molar-refractivity contribution in [2.75, 3.05) is 7.05 Å². The quantitative estimate of drug-likeness (QED) is 0.505. The van der Waals surface area contributed by atoms with Gasteiger partial charge < -0.3 is 11.2 Å². The lowest BCUT2D eigenvalue weighted by Crippen LogP contribution is -2.09. The lowest BCUT2D eigenvalue weighted by molar-refractivity contribution is 0.765. The van der Waals surface area contributed by atoms with Crippen LogP contribution in [0.3, 0.4) is 0 Å². The third kappa shape index (κ3) is 4.55. The average Bonchev–Trinajstić information content (AvgIpc) is 2.05. The first-order chi connectivity index (χ1) is 6.13. The lowest BCUT2D eigenvalue weighted by Gasteiger charge is -2.10. The van der Waals surface area contributed by atoms with E-state index < -0.39 is 0 Å². The normalized spacial score (nSPS) is 13.6. The summed E-state index contributed by atoms with van der Waals surface area (Å²) in [6.45, 7) is 6.37. The highest BCUT2D eigenvalue weighted by molar-refractivity contribution is 5.79. The van der Waals surface area contributed by atoms with E-state index in [1.807, 2.05) is 6.21 Å². The smallest absolute Gasteiger partial charge is 0.0519 e. The molecule has 0 aromatic heterocycles. The average molecular weight is 183 g/mol. The maximum absolute atomic E-state index is 5.93. The predicted octanol–water partition coefficient (Wildman–Crippen LogP) is 1.86. The van der Waals surface area contributed by atoms with E-state index >= 15 is 0 Å². The Bertz CT molecular complexity index is 192. The molecule has 0 rings (SSSR count). The summed E-state index contributed by atoms with van der Waals surface area (Å²) in [4.78, 5) is 0. The van der Waals surface area contributed by atoms with E-state index in [0.717, 1.165) is 24.1 Å². The SMILES string of the molecule is CCC/C(N)=C(\C=N/NC)C(C)C. The number of nitrogens with two attached hydrogens (primary N) is 1. The Labute approximate surface area is 81.1 Å². The minimum absolute atomic E-state index is 0.434. The Balaban J connectivity index is 4.56. The van der Waals surface area contributed by atoms with E-state index in [1.54, 1.807) is 7.05 Å². The number of rotatable bonds is 5. The first-order valence-corrected chi connectivity index (χ1v) is 4.81. The minimum atomic E-state index is 0.434. The second-order valence-corrected chi connectivity index (χ2v) is 3.37. The molecule has 0 atom stereocenters. The Kier molecular flexibility index (Phi) is 6.02. The number of hydrazone groups is 1. The fourth-order valence-corrected chi connectivity index (χ4v) is 1.15. The molecule has 3 N–H and O–H groups in total. The van der Waals surface area contributed by atoms with Crippen LogP contribution < -0.4 is 11.2 Å². The summed E-state index contributed by atoms with van der Waals surface area (Å²) in [6.07, 6.45) is 3.84. The van der Waals surface area contributed by atoms with E-state index in [0.29, 0.717) is 5.92 Å². The van der Waals surface area contributed by atoms with Gasteiger partial charge in [-0.3, -0.25) is 0 Å². The summed E-state index contributed by atoms with van der Waals surface area (Å²) < 4.78 is 0. The fourth-order valence-electron chi connectivity index (χ4n) is 1.15. The molecule has 0 spiro atoms. The summed E-state index contributed by atoms with van der Waals surface area (Å²) >= 11 is 0. The molecule has 13 heavy (non-hydrogen) atoms. The third-order valence-corrected chi connectivity index (χ3v) is 1.84. The topological polar surface area (TPSA) is 50.4 Å². The van der Waals surface area contributed by atoms with Gasteiger partial charge in [0.05, 0.1) is 6.21 Å². The zero-order valence-electron chi connectivity index (χ0n) is 9.09. The molecule has 0 bridgehead atoms. The van der Waals surface area contributed by atoms with Crippen molar-refractivity contribution in [1.29, 1.82) is 0 Å². The van der Waals surface area contributed by atoms with Gasteiger partial charge in [-0.15, -0.1) is 0 Å². The van der Waals surface area contributed by atoms with E-state index in [4.69, 9.17) is 5.73 Å². The zero-order valence-corrected chi connectivity index (χ0v) is 9.09. The number of hydrogen-bond acceptors (Lipinski definition) is 3. The summed E-state index contributed by atoms with van der Waals surface area (Å²) in [7, 11) is 1.78. The van der Waals surface area contributed by atoms with E-state index in [9.17, 15) is 0 Å². The highest BCUT2D eigenvalue weighted by Crippen LogP contribution is 2.12. The first-order valence-electron chi connectivity index (χ1n) is 4.81. The maximum Gasteiger partial charge on any atom is 0.0519 e. The van der Waals surface area contributed by atoms with Crippen molar-refractivity contribution in [2.24, 2.45) is 16.8 Å². The van der Waals surface area contributed by atoms with Crippen LogP contribution >= 0.6 is 0 Å². The van der Waals surface area contributed by atoms with Gasteiger partial charge in [0, 0.05) is 12.7 Å². The monoisotopic (exact) mass is 183 g/mol. The van der Waals surface area contributed by atoms with Crippen LogP contribution in [-0.4, -0.2) is 13.3 Å². The van der Waals surface area contributed by atoms with Gasteiger partial charge in [-0.05, 0) is 17.9 Å². The summed E-state index contributed by atoms with van der Waals surface area (Å²) in [5.74, 6) is 0.434. The van der Waals surface area contributed by atoms with Gasteiger partial charge in [-0.2, -0.15) is 5.10 Å². The lowest BCUT2D eigenvalue weighted by atomic mass is 10.0. The standard InChI is InChI=1S/C10H21N3/c1-5-6-10(11)9(8(2)3)7-13-12-4/h7-8,12H,5-6,11H2,1-4H3/b10-9-,13-7-. The molecule has 0 aromatic carbocycles. The highest BCUT2D eigenvalue weighted by atomic mass is 15.3. The van der Waals surface area contributed by atoms with Crippen LogP contribution in [0.1, 0.15) is 33.6 Å². The molecule has 3 heteroatoms. The molecule has 0 radical (unpaired) electrons. The molecule has 0 unspecified atom stereocenters. The van der Waals surface area contributed by atoms with Crippen LogP contribution in [0, 0.1) is 5.92 Å². The van der Waals surface area contributed by atoms with Crippen molar-refractivity contribution in [3.63, 3.8) is 0 Å². The molecule has 0 aliphatic rings. The molecule has 0 saturated carbocycles. The van der Waals surface area contributed by atoms with E-state index in [1.165, 1.54) is 0 Å². The Morgan fingerprint density at radius 1 is 1.54 bits per heavy atom. The van der Waals surface area contributed by atoms with Crippen molar-refractivity contribution < 1.29 is 0 Å². The third-order valence-electron chi connectivity index (χ3n) is 1.84. The van der Waals surface area contributed by atoms with Crippen LogP contribution in [0.4, 0.5) is 0 Å². The summed E-state index contributed by atoms with van der Waals surface area (Å²) in [5, 5.41) is 3.98. The molecule has 0 aliphatic heterocycles. The van der Waals surface area contributed by atoms with Crippen molar-refractivity contribution in [3.8, 4) is 0 Å². The van der Waals surface area contributed by atoms with Gasteiger partial charge in [0.15, 0.2) is 0 Å². The fraction of sp³-hybridized carbons (Fsp3) is 0.700. The van der Waals surface area contributed by atoms with Gasteiger partial charge in [0.2, 0.25) is 0 Å². The summed E-state index contributed by atoms with van der Waals surface area (Å²) in [6, 6.07) is 0. The molecule has 76 valence electrons. The Morgan fingerprint density at radius 2 is 2.15 bits per heavy atom. The van der Waals surface area contributed by atoms with Crippen molar-refractivity contribution in [3.05, 3.63) is 11.3 Å². The molecule has 0 aromatic rings. The van der Waals surface area contributed by atoms with Crippen LogP contribution in [0.25, 0.3) is 0 Å². The molecule has 0 aliphatic carbocycles. The van der Waals surface area contributed by atoms with Gasteiger partial charge in [0.25, 0.3) is 0 Å². The van der Waals surface area contributed by atoms with Gasteiger partial charge in [-0.25, -0.2) is 0 Å². The predicted molar refractivity (Wildman–Crippen MR) is 58.5 cm³/mol. The van der Waals surface area contributed by atoms with Crippen molar-refractivity contribution in [2.45, 2.75) is 33.6 Å². The Morgan fingerprint density at radius 3 is 2.54 bits per heavy atom. The largest absolute Gasteiger partial charge is 0.402 e. The van der Waals surface area contributed by atoms with Gasteiger partial charge in [0.1, 0.15) is 0 Å². The zero-order chi connectivity index (χ0) is 10.3. The highest BCUT2D eigenvalue weighted by Gasteiger charge is 2.04. The van der Waals surface area contributed by atoms with Crippen LogP contribution in [0.15, 0.2) is 16.4 Å². The molecule has 0 amide bonds. The molecular weight excluding hydrogens is 162 g/mol. The maximum atomic E-state index is 5.93. The molecule has 0 saturated heterocycles. The van der Waals surface area contributed by atoms with Crippen LogP contribution in [-0.2, 0) is 0 Å². The minimum Gasteiger partial charge on any atom is -0.402 e. The molecule has 0 fully saturated rings. The Hall–Kier alpha value is -0.990. The number of hydrogen-bond donors (Lipinski definition) is 2. The number of nitrogens with zero attached hydrogens (tertiary/aromatic N) is 1. The second kappa shape index (κ2) is 6.52. The van der Waals surface area contributed by atoms with Gasteiger partial charge in [-0.1, -0.05) is 27.2 Å². The molecular formula is C10H21N3. The number of nitrogens with one attached hydrogen (secondary N) is 1. The van der Waals surface area contributed by atoms with Crippen LogP contribution in [0.2, 0.25) is 0 Å². The van der Waals surface area contributed by atoms with Crippen molar-refractivity contribution in [1.82, 2.24) is 5.43 Å². The number of allylic oxidation sites excluding steroid dienone is 2. The molecule has 0 heterocycles. The van der Waals surface area contributed by atoms with E-state index in [2.05, 4.69) is 31.3 Å². The van der Waals surface area contributed by atoms with Crippen molar-refractivity contribution >= 4 is 6.21 Å².